The summed E-state index contributed by atoms with van der Waals surface area (Å²) in [7, 11) is 0. The summed E-state index contributed by atoms with van der Waals surface area (Å²) in [6, 6.07) is 13.1. The lowest BCUT2D eigenvalue weighted by atomic mass is 9.99. The van der Waals surface area contributed by atoms with E-state index in [0.717, 1.165) is 16.7 Å². The van der Waals surface area contributed by atoms with Gasteiger partial charge in [-0.2, -0.15) is 0 Å². The van der Waals surface area contributed by atoms with Crippen LogP contribution in [0.5, 0.6) is 0 Å². The van der Waals surface area contributed by atoms with Gasteiger partial charge in [0.1, 0.15) is 0 Å². The van der Waals surface area contributed by atoms with Crippen LogP contribution in [0.25, 0.3) is 0 Å². The summed E-state index contributed by atoms with van der Waals surface area (Å²) >= 11 is 0. The number of aliphatic hydroxyl groups excluding tert-OH is 1. The molecule has 0 atom stereocenters. The largest absolute Gasteiger partial charge is 0.396 e. The molecule has 0 aromatic heterocycles. The van der Waals surface area contributed by atoms with Crippen molar-refractivity contribution in [3.05, 3.63) is 64.7 Å². The molecule has 2 aromatic rings. The normalized spacial score (nSPS) is 10.5. The average molecular weight is 325 g/mol. The van der Waals surface area contributed by atoms with E-state index in [9.17, 15) is 9.59 Å². The molecule has 4 nitrogen and oxygen atoms in total. The Morgan fingerprint density at radius 1 is 1.00 bits per heavy atom. The molecule has 0 radical (unpaired) electrons. The first-order chi connectivity index (χ1) is 11.5. The molecule has 0 aliphatic rings. The van der Waals surface area contributed by atoms with Crippen LogP contribution < -0.4 is 5.32 Å². The highest BCUT2D eigenvalue weighted by atomic mass is 16.3. The van der Waals surface area contributed by atoms with Crippen molar-refractivity contribution in [1.29, 1.82) is 0 Å². The number of Topliss-reactive ketones (excluding diaryl/α,β-unsaturated/α-hetero) is 1. The van der Waals surface area contributed by atoms with Crippen LogP contribution in [-0.2, 0) is 11.2 Å². The molecule has 2 N–H and O–H groups in total. The smallest absolute Gasteiger partial charge is 0.224 e. The van der Waals surface area contributed by atoms with Gasteiger partial charge in [-0.1, -0.05) is 29.8 Å². The molecule has 24 heavy (non-hydrogen) atoms. The molecule has 0 spiro atoms. The number of benzene rings is 2. The number of hydrogen-bond acceptors (Lipinski definition) is 3. The van der Waals surface area contributed by atoms with Crippen LogP contribution in [0.4, 0.5) is 5.69 Å². The maximum atomic E-state index is 12.3. The molecular formula is C20H23NO3. The standard InChI is InChI=1S/C20H23NO3/c1-14-3-4-15(2)18(13-14)19(23)9-10-20(24)21-17-7-5-16(6-8-17)11-12-22/h3-8,13,22H,9-12H2,1-2H3,(H,21,24). The minimum absolute atomic E-state index is 0.00959. The van der Waals surface area contributed by atoms with E-state index in [1.54, 1.807) is 12.1 Å². The number of carbonyl (C=O) groups excluding carboxylic acids is 2. The van der Waals surface area contributed by atoms with E-state index in [0.29, 0.717) is 17.7 Å². The number of aliphatic hydroxyl groups is 1. The number of amides is 1. The minimum atomic E-state index is -0.177. The fourth-order valence-corrected chi connectivity index (χ4v) is 2.51. The molecule has 0 fully saturated rings. The van der Waals surface area contributed by atoms with Gasteiger partial charge in [-0.05, 0) is 49.6 Å². The Hall–Kier alpha value is -2.46. The zero-order chi connectivity index (χ0) is 17.5. The number of anilines is 1. The second-order valence-corrected chi connectivity index (χ2v) is 5.96. The fourth-order valence-electron chi connectivity index (χ4n) is 2.51. The zero-order valence-electron chi connectivity index (χ0n) is 14.1. The lowest BCUT2D eigenvalue weighted by Gasteiger charge is -2.08. The van der Waals surface area contributed by atoms with E-state index >= 15 is 0 Å². The highest BCUT2D eigenvalue weighted by Crippen LogP contribution is 2.15. The molecule has 0 bridgehead atoms. The van der Waals surface area contributed by atoms with Crippen molar-refractivity contribution in [2.75, 3.05) is 11.9 Å². The van der Waals surface area contributed by atoms with E-state index in [1.807, 2.05) is 44.2 Å². The summed E-state index contributed by atoms with van der Waals surface area (Å²) in [5, 5.41) is 11.7. The second-order valence-electron chi connectivity index (χ2n) is 5.96. The van der Waals surface area contributed by atoms with Crippen LogP contribution in [0.3, 0.4) is 0 Å². The Morgan fingerprint density at radius 3 is 2.38 bits per heavy atom. The van der Waals surface area contributed by atoms with Gasteiger partial charge >= 0.3 is 0 Å². The van der Waals surface area contributed by atoms with Crippen molar-refractivity contribution in [2.24, 2.45) is 0 Å². The van der Waals surface area contributed by atoms with E-state index in [1.165, 1.54) is 0 Å². The average Bonchev–Trinajstić information content (AvgIpc) is 2.57. The third-order valence-corrected chi connectivity index (χ3v) is 3.91. The minimum Gasteiger partial charge on any atom is -0.396 e. The Bertz CT molecular complexity index is 720. The lowest BCUT2D eigenvalue weighted by Crippen LogP contribution is -2.14. The highest BCUT2D eigenvalue weighted by Gasteiger charge is 2.12. The van der Waals surface area contributed by atoms with Crippen LogP contribution in [-0.4, -0.2) is 23.4 Å². The van der Waals surface area contributed by atoms with Gasteiger partial charge in [0.25, 0.3) is 0 Å². The Labute approximate surface area is 142 Å². The number of rotatable bonds is 7. The molecule has 126 valence electrons. The molecule has 0 unspecified atom stereocenters. The van der Waals surface area contributed by atoms with Crippen molar-refractivity contribution in [3.8, 4) is 0 Å². The predicted molar refractivity (Wildman–Crippen MR) is 95.3 cm³/mol. The topological polar surface area (TPSA) is 66.4 Å². The molecule has 1 amide bonds. The summed E-state index contributed by atoms with van der Waals surface area (Å²) in [5.74, 6) is -0.187. The summed E-state index contributed by atoms with van der Waals surface area (Å²) in [4.78, 5) is 24.3. The third-order valence-electron chi connectivity index (χ3n) is 3.91. The Morgan fingerprint density at radius 2 is 1.71 bits per heavy atom. The van der Waals surface area contributed by atoms with Crippen LogP contribution in [0.15, 0.2) is 42.5 Å². The van der Waals surface area contributed by atoms with Crippen molar-refractivity contribution < 1.29 is 14.7 Å². The van der Waals surface area contributed by atoms with Gasteiger partial charge in [0.2, 0.25) is 5.91 Å². The quantitative estimate of drug-likeness (QED) is 0.766. The summed E-state index contributed by atoms with van der Waals surface area (Å²) < 4.78 is 0. The lowest BCUT2D eigenvalue weighted by molar-refractivity contribution is -0.116. The van der Waals surface area contributed by atoms with Gasteiger partial charge in [-0.25, -0.2) is 0 Å². The molecule has 0 aliphatic carbocycles. The van der Waals surface area contributed by atoms with Crippen molar-refractivity contribution in [1.82, 2.24) is 0 Å². The molecule has 0 saturated carbocycles. The second kappa shape index (κ2) is 8.41. The van der Waals surface area contributed by atoms with Crippen molar-refractivity contribution >= 4 is 17.4 Å². The van der Waals surface area contributed by atoms with Gasteiger partial charge in [-0.3, -0.25) is 9.59 Å². The molecule has 0 aliphatic heterocycles. The van der Waals surface area contributed by atoms with E-state index in [2.05, 4.69) is 5.32 Å². The van der Waals surface area contributed by atoms with Crippen molar-refractivity contribution in [2.45, 2.75) is 33.1 Å². The molecule has 4 heteroatoms. The van der Waals surface area contributed by atoms with E-state index in [4.69, 9.17) is 5.11 Å². The Kier molecular flexibility index (Phi) is 6.27. The molecular weight excluding hydrogens is 302 g/mol. The fraction of sp³-hybridized carbons (Fsp3) is 0.300. The highest BCUT2D eigenvalue weighted by molar-refractivity contribution is 6.01. The zero-order valence-corrected chi connectivity index (χ0v) is 14.1. The summed E-state index contributed by atoms with van der Waals surface area (Å²) in [6.45, 7) is 3.95. The molecule has 2 rings (SSSR count). The Balaban J connectivity index is 1.88. The molecule has 0 saturated heterocycles. The van der Waals surface area contributed by atoms with Crippen LogP contribution in [0.1, 0.15) is 39.9 Å². The van der Waals surface area contributed by atoms with Crippen molar-refractivity contribution in [3.63, 3.8) is 0 Å². The van der Waals surface area contributed by atoms with Gasteiger partial charge in [0, 0.05) is 30.7 Å². The van der Waals surface area contributed by atoms with Gasteiger partial charge in [0.05, 0.1) is 0 Å². The number of ketones is 1. The first-order valence-corrected chi connectivity index (χ1v) is 8.09. The predicted octanol–water partition coefficient (Wildman–Crippen LogP) is 3.44. The number of hydrogen-bond donors (Lipinski definition) is 2. The summed E-state index contributed by atoms with van der Waals surface area (Å²) in [5.41, 5.74) is 4.37. The monoisotopic (exact) mass is 325 g/mol. The molecule has 2 aromatic carbocycles. The summed E-state index contributed by atoms with van der Waals surface area (Å²) in [6.07, 6.45) is 0.946. The number of aryl methyl sites for hydroxylation is 2. The van der Waals surface area contributed by atoms with Crippen LogP contribution in [0.2, 0.25) is 0 Å². The third kappa shape index (κ3) is 5.03. The van der Waals surface area contributed by atoms with Gasteiger partial charge in [0.15, 0.2) is 5.78 Å². The molecule has 0 heterocycles. The van der Waals surface area contributed by atoms with Gasteiger partial charge < -0.3 is 10.4 Å². The maximum Gasteiger partial charge on any atom is 0.224 e. The van der Waals surface area contributed by atoms with Crippen LogP contribution >= 0.6 is 0 Å². The van der Waals surface area contributed by atoms with E-state index in [-0.39, 0.29) is 31.1 Å². The number of carbonyl (C=O) groups is 2. The first kappa shape index (κ1) is 17.9. The maximum absolute atomic E-state index is 12.3. The SMILES string of the molecule is Cc1ccc(C)c(C(=O)CCC(=O)Nc2ccc(CCO)cc2)c1. The first-order valence-electron chi connectivity index (χ1n) is 8.09. The van der Waals surface area contributed by atoms with Crippen LogP contribution in [0, 0.1) is 13.8 Å². The van der Waals surface area contributed by atoms with E-state index < -0.39 is 0 Å². The van der Waals surface area contributed by atoms with Gasteiger partial charge in [-0.15, -0.1) is 0 Å². The number of nitrogens with one attached hydrogen (secondary N) is 1.